The molecule has 0 aromatic heterocycles. The van der Waals surface area contributed by atoms with Gasteiger partial charge in [0.25, 0.3) is 0 Å². The Balaban J connectivity index is 1.88. The zero-order valence-electron chi connectivity index (χ0n) is 16.2. The molecule has 3 rings (SSSR count). The molecule has 0 radical (unpaired) electrons. The van der Waals surface area contributed by atoms with Crippen LogP contribution in [0.15, 0.2) is 54.6 Å². The third-order valence-electron chi connectivity index (χ3n) is 5.45. The van der Waals surface area contributed by atoms with E-state index < -0.39 is 5.60 Å². The normalized spacial score (nSPS) is 19.4. The van der Waals surface area contributed by atoms with Gasteiger partial charge in [-0.15, -0.1) is 0 Å². The number of methoxy groups -OCH3 is 1. The van der Waals surface area contributed by atoms with Gasteiger partial charge in [-0.1, -0.05) is 36.4 Å². The largest absolute Gasteiger partial charge is 0.457 e. The van der Waals surface area contributed by atoms with Crippen molar-refractivity contribution in [3.05, 3.63) is 60.2 Å². The maximum Gasteiger partial charge on any atom is 0.133 e. The highest BCUT2D eigenvalue weighted by molar-refractivity contribution is 5.42. The van der Waals surface area contributed by atoms with Crippen LogP contribution in [0.25, 0.3) is 0 Å². The first-order valence-electron chi connectivity index (χ1n) is 9.98. The lowest BCUT2D eigenvalue weighted by Gasteiger charge is -2.40. The third-order valence-corrected chi connectivity index (χ3v) is 5.45. The number of piperidine rings is 1. The van der Waals surface area contributed by atoms with Crippen molar-refractivity contribution < 1.29 is 14.6 Å². The van der Waals surface area contributed by atoms with Crippen LogP contribution < -0.4 is 10.1 Å². The molecule has 27 heavy (non-hydrogen) atoms. The van der Waals surface area contributed by atoms with Gasteiger partial charge in [0.2, 0.25) is 0 Å². The van der Waals surface area contributed by atoms with Gasteiger partial charge in [-0.2, -0.15) is 0 Å². The zero-order chi connectivity index (χ0) is 19.0. The second kappa shape index (κ2) is 9.88. The molecule has 146 valence electrons. The SMILES string of the molecule is COCCCCC(O)(c1ccccc1Oc1ccccc1)C1CCCNC1. The van der Waals surface area contributed by atoms with Crippen LogP contribution in [0.1, 0.15) is 37.7 Å². The van der Waals surface area contributed by atoms with Gasteiger partial charge in [0.15, 0.2) is 0 Å². The minimum Gasteiger partial charge on any atom is -0.457 e. The molecule has 4 heteroatoms. The molecule has 1 heterocycles. The molecule has 4 nitrogen and oxygen atoms in total. The van der Waals surface area contributed by atoms with Crippen molar-refractivity contribution in [2.24, 2.45) is 5.92 Å². The van der Waals surface area contributed by atoms with Crippen LogP contribution in [-0.4, -0.2) is 31.9 Å². The molecule has 1 fully saturated rings. The Labute approximate surface area is 162 Å². The quantitative estimate of drug-likeness (QED) is 0.640. The molecule has 0 saturated carbocycles. The Kier molecular flexibility index (Phi) is 7.27. The van der Waals surface area contributed by atoms with E-state index in [9.17, 15) is 5.11 Å². The Morgan fingerprint density at radius 2 is 1.85 bits per heavy atom. The summed E-state index contributed by atoms with van der Waals surface area (Å²) in [6.45, 7) is 2.58. The van der Waals surface area contributed by atoms with Gasteiger partial charge in [-0.05, 0) is 56.8 Å². The molecule has 2 unspecified atom stereocenters. The maximum atomic E-state index is 11.9. The molecule has 2 N–H and O–H groups in total. The van der Waals surface area contributed by atoms with Gasteiger partial charge >= 0.3 is 0 Å². The van der Waals surface area contributed by atoms with Crippen molar-refractivity contribution in [3.8, 4) is 11.5 Å². The van der Waals surface area contributed by atoms with Crippen LogP contribution in [0.2, 0.25) is 0 Å². The van der Waals surface area contributed by atoms with E-state index >= 15 is 0 Å². The minimum absolute atomic E-state index is 0.175. The predicted molar refractivity (Wildman–Crippen MR) is 108 cm³/mol. The van der Waals surface area contributed by atoms with Crippen molar-refractivity contribution in [2.75, 3.05) is 26.8 Å². The zero-order valence-corrected chi connectivity index (χ0v) is 16.2. The van der Waals surface area contributed by atoms with E-state index in [-0.39, 0.29) is 5.92 Å². The minimum atomic E-state index is -0.910. The smallest absolute Gasteiger partial charge is 0.133 e. The number of aliphatic hydroxyl groups is 1. The average Bonchev–Trinajstić information content (AvgIpc) is 2.73. The fourth-order valence-electron chi connectivity index (χ4n) is 3.99. The van der Waals surface area contributed by atoms with Gasteiger partial charge in [0.1, 0.15) is 11.5 Å². The Bertz CT molecular complexity index is 685. The van der Waals surface area contributed by atoms with Crippen molar-refractivity contribution in [3.63, 3.8) is 0 Å². The number of para-hydroxylation sites is 2. The number of hydrogen-bond donors (Lipinski definition) is 2. The highest BCUT2D eigenvalue weighted by Gasteiger charge is 2.40. The first-order chi connectivity index (χ1) is 13.2. The first kappa shape index (κ1) is 19.9. The lowest BCUT2D eigenvalue weighted by atomic mass is 9.74. The van der Waals surface area contributed by atoms with Crippen molar-refractivity contribution >= 4 is 0 Å². The van der Waals surface area contributed by atoms with Crippen molar-refractivity contribution in [1.29, 1.82) is 0 Å². The standard InChI is InChI=1S/C23H31NO3/c1-26-17-8-7-15-23(25,19-10-9-16-24-18-19)21-13-5-6-14-22(21)27-20-11-3-2-4-12-20/h2-6,11-14,19,24-25H,7-10,15-18H2,1H3. The van der Waals surface area contributed by atoms with Crippen molar-refractivity contribution in [2.45, 2.75) is 37.7 Å². The molecule has 2 aromatic rings. The predicted octanol–water partition coefficient (Wildman–Crippen LogP) is 4.48. The van der Waals surface area contributed by atoms with E-state index in [4.69, 9.17) is 9.47 Å². The molecular formula is C23H31NO3. The number of benzene rings is 2. The summed E-state index contributed by atoms with van der Waals surface area (Å²) in [5.74, 6) is 1.70. The molecule has 0 spiro atoms. The monoisotopic (exact) mass is 369 g/mol. The van der Waals surface area contributed by atoms with E-state index in [2.05, 4.69) is 5.32 Å². The van der Waals surface area contributed by atoms with Gasteiger partial charge in [-0.25, -0.2) is 0 Å². The maximum absolute atomic E-state index is 11.9. The molecule has 2 atom stereocenters. The molecule has 0 bridgehead atoms. The fraction of sp³-hybridized carbons (Fsp3) is 0.478. The highest BCUT2D eigenvalue weighted by atomic mass is 16.5. The fourth-order valence-corrected chi connectivity index (χ4v) is 3.99. The summed E-state index contributed by atoms with van der Waals surface area (Å²) in [5, 5.41) is 15.4. The molecule has 1 saturated heterocycles. The summed E-state index contributed by atoms with van der Waals surface area (Å²) in [6, 6.07) is 17.7. The number of nitrogens with one attached hydrogen (secondary N) is 1. The second-order valence-electron chi connectivity index (χ2n) is 7.33. The van der Waals surface area contributed by atoms with Crippen LogP contribution in [0.4, 0.5) is 0 Å². The van der Waals surface area contributed by atoms with Gasteiger partial charge in [-0.3, -0.25) is 0 Å². The summed E-state index contributed by atoms with van der Waals surface area (Å²) >= 11 is 0. The van der Waals surface area contributed by atoms with E-state index in [1.807, 2.05) is 54.6 Å². The van der Waals surface area contributed by atoms with Crippen molar-refractivity contribution in [1.82, 2.24) is 5.32 Å². The number of rotatable bonds is 9. The summed E-state index contributed by atoms with van der Waals surface area (Å²) in [5.41, 5.74) is -0.0213. The van der Waals surface area contributed by atoms with E-state index in [0.717, 1.165) is 62.4 Å². The first-order valence-corrected chi connectivity index (χ1v) is 9.98. The van der Waals surface area contributed by atoms with Crippen LogP contribution in [0, 0.1) is 5.92 Å². The summed E-state index contributed by atoms with van der Waals surface area (Å²) in [7, 11) is 1.72. The average molecular weight is 370 g/mol. The van der Waals surface area contributed by atoms with E-state index in [1.54, 1.807) is 7.11 Å². The Hall–Kier alpha value is -1.88. The van der Waals surface area contributed by atoms with Crippen LogP contribution >= 0.6 is 0 Å². The van der Waals surface area contributed by atoms with Crippen LogP contribution in [0.3, 0.4) is 0 Å². The van der Waals surface area contributed by atoms with Gasteiger partial charge in [0.05, 0.1) is 5.60 Å². The van der Waals surface area contributed by atoms with Gasteiger partial charge < -0.3 is 19.9 Å². The number of hydrogen-bond acceptors (Lipinski definition) is 4. The van der Waals surface area contributed by atoms with E-state index in [0.29, 0.717) is 6.42 Å². The summed E-state index contributed by atoms with van der Waals surface area (Å²) in [4.78, 5) is 0. The molecule has 0 aliphatic carbocycles. The molecule has 0 amide bonds. The number of ether oxygens (including phenoxy) is 2. The van der Waals surface area contributed by atoms with Crippen LogP contribution in [-0.2, 0) is 10.3 Å². The van der Waals surface area contributed by atoms with Gasteiger partial charge in [0, 0.05) is 31.7 Å². The molecule has 2 aromatic carbocycles. The second-order valence-corrected chi connectivity index (χ2v) is 7.33. The summed E-state index contributed by atoms with van der Waals surface area (Å²) in [6.07, 6.45) is 4.68. The Morgan fingerprint density at radius 1 is 1.07 bits per heavy atom. The molecular weight excluding hydrogens is 338 g/mol. The Morgan fingerprint density at radius 3 is 2.59 bits per heavy atom. The lowest BCUT2D eigenvalue weighted by molar-refractivity contribution is -0.0446. The number of unbranched alkanes of at least 4 members (excludes halogenated alkanes) is 1. The topological polar surface area (TPSA) is 50.7 Å². The van der Waals surface area contributed by atoms with Crippen LogP contribution in [0.5, 0.6) is 11.5 Å². The molecule has 1 aliphatic heterocycles. The lowest BCUT2D eigenvalue weighted by Crippen LogP contribution is -2.44. The third kappa shape index (κ3) is 5.10. The molecule has 1 aliphatic rings. The summed E-state index contributed by atoms with van der Waals surface area (Å²) < 4.78 is 11.4. The van der Waals surface area contributed by atoms with E-state index in [1.165, 1.54) is 0 Å². The highest BCUT2D eigenvalue weighted by Crippen LogP contribution is 2.43.